The van der Waals surface area contributed by atoms with Gasteiger partial charge in [0.25, 0.3) is 0 Å². The molecule has 0 bridgehead atoms. The Kier molecular flexibility index (Phi) is 5.50. The Hall–Kier alpha value is -1.89. The van der Waals surface area contributed by atoms with Gasteiger partial charge in [-0.3, -0.25) is 0 Å². The van der Waals surface area contributed by atoms with Crippen LogP contribution in [0.5, 0.6) is 0 Å². The second kappa shape index (κ2) is 7.79. The summed E-state index contributed by atoms with van der Waals surface area (Å²) in [6, 6.07) is 21.7. The molecular formula is C22H23NSe. The third kappa shape index (κ3) is 4.14. The Morgan fingerprint density at radius 1 is 0.875 bits per heavy atom. The van der Waals surface area contributed by atoms with E-state index in [1.165, 1.54) is 32.4 Å². The van der Waals surface area contributed by atoms with E-state index in [-0.39, 0.29) is 0 Å². The van der Waals surface area contributed by atoms with Crippen LogP contribution in [-0.4, -0.2) is 19.9 Å². The summed E-state index contributed by atoms with van der Waals surface area (Å²) in [5.41, 5.74) is 7.07. The van der Waals surface area contributed by atoms with Crippen molar-refractivity contribution in [2.75, 3.05) is 0 Å². The zero-order chi connectivity index (χ0) is 16.9. The molecular weight excluding hydrogens is 357 g/mol. The van der Waals surface area contributed by atoms with Crippen LogP contribution in [0.2, 0.25) is 0 Å². The molecule has 0 aliphatic heterocycles. The summed E-state index contributed by atoms with van der Waals surface area (Å²) in [5.74, 6) is 0. The first kappa shape index (κ1) is 16.9. The fraction of sp³-hybridized carbons (Fsp3) is 0.227. The molecule has 0 fully saturated rings. The van der Waals surface area contributed by atoms with Crippen LogP contribution in [0.4, 0.5) is 0 Å². The van der Waals surface area contributed by atoms with Crippen LogP contribution in [0.25, 0.3) is 0 Å². The standard InChI is InChI=1S/C22H23NSe/c1-16-13-17(2)20(18(3)14-16)15-21(19-9-5-4-6-10-19)24-22-11-7-8-12-23-22/h4-14,21H,15H2,1-3H3/t21-/m0/s1. The van der Waals surface area contributed by atoms with Gasteiger partial charge in [-0.25, -0.2) is 0 Å². The molecule has 1 aromatic heterocycles. The second-order valence-electron chi connectivity index (χ2n) is 6.27. The van der Waals surface area contributed by atoms with Crippen LogP contribution in [0.1, 0.15) is 32.6 Å². The van der Waals surface area contributed by atoms with E-state index in [1.54, 1.807) is 0 Å². The molecule has 0 saturated carbocycles. The Morgan fingerprint density at radius 3 is 2.17 bits per heavy atom. The molecule has 0 radical (unpaired) electrons. The van der Waals surface area contributed by atoms with E-state index < -0.39 is 0 Å². The second-order valence-corrected chi connectivity index (χ2v) is 8.83. The van der Waals surface area contributed by atoms with E-state index in [4.69, 9.17) is 0 Å². The molecule has 0 N–H and O–H groups in total. The van der Waals surface area contributed by atoms with Gasteiger partial charge in [-0.2, -0.15) is 0 Å². The van der Waals surface area contributed by atoms with Crippen molar-refractivity contribution in [3.63, 3.8) is 0 Å². The summed E-state index contributed by atoms with van der Waals surface area (Å²) < 4.78 is 1.22. The molecule has 0 aliphatic rings. The number of pyridine rings is 1. The molecule has 2 aromatic carbocycles. The van der Waals surface area contributed by atoms with Gasteiger partial charge in [-0.05, 0) is 0 Å². The van der Waals surface area contributed by atoms with Crippen molar-refractivity contribution in [1.29, 1.82) is 0 Å². The van der Waals surface area contributed by atoms with E-state index in [9.17, 15) is 0 Å². The average Bonchev–Trinajstić information content (AvgIpc) is 2.58. The predicted octanol–water partition coefficient (Wildman–Crippen LogP) is 4.32. The van der Waals surface area contributed by atoms with Crippen molar-refractivity contribution in [3.8, 4) is 0 Å². The molecule has 1 heterocycles. The summed E-state index contributed by atoms with van der Waals surface area (Å²) >= 11 is 0.312. The van der Waals surface area contributed by atoms with Crippen LogP contribution >= 0.6 is 0 Å². The Bertz CT molecular complexity index is 774. The molecule has 0 spiro atoms. The van der Waals surface area contributed by atoms with Gasteiger partial charge in [-0.1, -0.05) is 0 Å². The summed E-state index contributed by atoms with van der Waals surface area (Å²) in [4.78, 5) is 5.08. The maximum atomic E-state index is 4.57. The Labute approximate surface area is 151 Å². The molecule has 2 heteroatoms. The minimum absolute atomic E-state index is 0.312. The van der Waals surface area contributed by atoms with Gasteiger partial charge in [0.2, 0.25) is 0 Å². The molecule has 0 amide bonds. The zero-order valence-corrected chi connectivity index (χ0v) is 16.2. The number of aryl methyl sites for hydroxylation is 3. The normalized spacial score (nSPS) is 12.1. The Morgan fingerprint density at radius 2 is 1.54 bits per heavy atom. The van der Waals surface area contributed by atoms with Gasteiger partial charge in [0.15, 0.2) is 0 Å². The van der Waals surface area contributed by atoms with Gasteiger partial charge in [-0.15, -0.1) is 0 Å². The fourth-order valence-electron chi connectivity index (χ4n) is 3.18. The van der Waals surface area contributed by atoms with E-state index in [1.807, 2.05) is 12.3 Å². The summed E-state index contributed by atoms with van der Waals surface area (Å²) in [7, 11) is 0. The average molecular weight is 380 g/mol. The van der Waals surface area contributed by atoms with Crippen LogP contribution in [-0.2, 0) is 6.42 Å². The summed E-state index contributed by atoms with van der Waals surface area (Å²) in [5, 5.41) is 0. The number of aromatic nitrogens is 1. The molecule has 0 unspecified atom stereocenters. The molecule has 0 saturated heterocycles. The van der Waals surface area contributed by atoms with Gasteiger partial charge in [0.05, 0.1) is 0 Å². The van der Waals surface area contributed by atoms with E-state index in [0.29, 0.717) is 19.8 Å². The van der Waals surface area contributed by atoms with Crippen molar-refractivity contribution in [2.24, 2.45) is 0 Å². The first-order chi connectivity index (χ1) is 11.6. The van der Waals surface area contributed by atoms with Crippen LogP contribution < -0.4 is 4.59 Å². The molecule has 122 valence electrons. The van der Waals surface area contributed by atoms with E-state index in [2.05, 4.69) is 80.4 Å². The molecule has 1 atom stereocenters. The van der Waals surface area contributed by atoms with Crippen molar-refractivity contribution in [1.82, 2.24) is 4.98 Å². The quantitative estimate of drug-likeness (QED) is 0.601. The van der Waals surface area contributed by atoms with Crippen LogP contribution in [0.3, 0.4) is 0 Å². The third-order valence-electron chi connectivity index (χ3n) is 4.30. The first-order valence-corrected chi connectivity index (χ1v) is 10.2. The van der Waals surface area contributed by atoms with E-state index >= 15 is 0 Å². The molecule has 24 heavy (non-hydrogen) atoms. The number of nitrogens with zero attached hydrogens (tertiary/aromatic N) is 1. The third-order valence-corrected chi connectivity index (χ3v) is 6.83. The maximum absolute atomic E-state index is 4.57. The SMILES string of the molecule is Cc1cc(C)c(C[C@H]([Se]c2ccccn2)c2ccccc2)c(C)c1. The predicted molar refractivity (Wildman–Crippen MR) is 103 cm³/mol. The number of benzene rings is 2. The molecule has 0 aliphatic carbocycles. The summed E-state index contributed by atoms with van der Waals surface area (Å²) in [6.07, 6.45) is 2.99. The zero-order valence-electron chi connectivity index (χ0n) is 14.5. The van der Waals surface area contributed by atoms with Crippen molar-refractivity contribution < 1.29 is 0 Å². The van der Waals surface area contributed by atoms with Gasteiger partial charge in [0, 0.05) is 0 Å². The van der Waals surface area contributed by atoms with Crippen LogP contribution in [0.15, 0.2) is 66.9 Å². The van der Waals surface area contributed by atoms with Crippen molar-refractivity contribution in [3.05, 3.63) is 94.7 Å². The first-order valence-electron chi connectivity index (χ1n) is 8.33. The molecule has 3 aromatic rings. The van der Waals surface area contributed by atoms with Gasteiger partial charge >= 0.3 is 151 Å². The number of hydrogen-bond donors (Lipinski definition) is 0. The van der Waals surface area contributed by atoms with E-state index in [0.717, 1.165) is 6.42 Å². The van der Waals surface area contributed by atoms with Crippen LogP contribution in [0, 0.1) is 20.8 Å². The minimum atomic E-state index is 0.312. The number of hydrogen-bond acceptors (Lipinski definition) is 1. The van der Waals surface area contributed by atoms with Crippen molar-refractivity contribution >= 4 is 19.5 Å². The Balaban J connectivity index is 1.94. The topological polar surface area (TPSA) is 12.9 Å². The molecule has 3 rings (SSSR count). The van der Waals surface area contributed by atoms with Gasteiger partial charge < -0.3 is 0 Å². The monoisotopic (exact) mass is 381 g/mol. The fourth-order valence-corrected chi connectivity index (χ4v) is 5.51. The van der Waals surface area contributed by atoms with Gasteiger partial charge in [0.1, 0.15) is 0 Å². The number of rotatable bonds is 5. The van der Waals surface area contributed by atoms with Crippen molar-refractivity contribution in [2.45, 2.75) is 32.0 Å². The molecule has 1 nitrogen and oxygen atoms in total. The summed E-state index contributed by atoms with van der Waals surface area (Å²) in [6.45, 7) is 6.66.